The van der Waals surface area contributed by atoms with Crippen molar-refractivity contribution in [3.05, 3.63) is 71.3 Å². The predicted octanol–water partition coefficient (Wildman–Crippen LogP) is 6.72. The van der Waals surface area contributed by atoms with Gasteiger partial charge in [0.2, 0.25) is 0 Å². The Morgan fingerprint density at radius 1 is 1.12 bits per heavy atom. The number of hydrogen-bond acceptors (Lipinski definition) is 5. The number of thiocarbonyl (C=S) groups is 1. The summed E-state index contributed by atoms with van der Waals surface area (Å²) in [6.45, 7) is 6.94. The van der Waals surface area contributed by atoms with Gasteiger partial charge < -0.3 is 4.74 Å². The zero-order chi connectivity index (χ0) is 24.1. The Hall–Kier alpha value is -2.90. The van der Waals surface area contributed by atoms with Crippen LogP contribution >= 0.6 is 24.0 Å². The molecule has 1 atom stereocenters. The zero-order valence-corrected chi connectivity index (χ0v) is 21.4. The highest BCUT2D eigenvalue weighted by Gasteiger charge is 2.35. The molecule has 5 nitrogen and oxygen atoms in total. The molecule has 1 saturated heterocycles. The molecule has 2 aromatic carbocycles. The van der Waals surface area contributed by atoms with Crippen LogP contribution in [0.1, 0.15) is 45.6 Å². The van der Waals surface area contributed by atoms with Gasteiger partial charge >= 0.3 is 0 Å². The van der Waals surface area contributed by atoms with Crippen molar-refractivity contribution in [1.82, 2.24) is 14.7 Å². The van der Waals surface area contributed by atoms with Crippen molar-refractivity contribution in [2.24, 2.45) is 0 Å². The van der Waals surface area contributed by atoms with Gasteiger partial charge in [-0.15, -0.1) is 0 Å². The first kappa shape index (κ1) is 24.2. The lowest BCUT2D eigenvalue weighted by molar-refractivity contribution is -0.123. The van der Waals surface area contributed by atoms with Gasteiger partial charge in [0.1, 0.15) is 10.1 Å². The van der Waals surface area contributed by atoms with Crippen LogP contribution in [0.4, 0.5) is 0 Å². The first-order chi connectivity index (χ1) is 16.5. The van der Waals surface area contributed by atoms with Gasteiger partial charge in [0.25, 0.3) is 5.91 Å². The van der Waals surface area contributed by atoms with Gasteiger partial charge in [0.15, 0.2) is 0 Å². The number of aromatic nitrogens is 2. The fraction of sp³-hybridized carbons (Fsp3) is 0.296. The van der Waals surface area contributed by atoms with Crippen LogP contribution in [0, 0.1) is 0 Å². The van der Waals surface area contributed by atoms with E-state index in [1.54, 1.807) is 4.90 Å². The largest absolute Gasteiger partial charge is 0.494 e. The molecule has 1 unspecified atom stereocenters. The van der Waals surface area contributed by atoms with E-state index >= 15 is 0 Å². The molecule has 3 aromatic rings. The second-order valence-corrected chi connectivity index (χ2v) is 9.92. The number of unbranched alkanes of at least 4 members (excludes halogenated alkanes) is 1. The Bertz CT molecular complexity index is 1190. The van der Waals surface area contributed by atoms with E-state index in [9.17, 15) is 4.79 Å². The number of carbonyl (C=O) groups is 1. The van der Waals surface area contributed by atoms with E-state index in [1.807, 2.05) is 78.5 Å². The molecule has 0 spiro atoms. The molecule has 4 rings (SSSR count). The smallest absolute Gasteiger partial charge is 0.266 e. The average molecular weight is 492 g/mol. The van der Waals surface area contributed by atoms with E-state index in [2.05, 4.69) is 13.8 Å². The Labute approximate surface area is 210 Å². The molecule has 1 amide bonds. The summed E-state index contributed by atoms with van der Waals surface area (Å²) in [6, 6.07) is 18.0. The van der Waals surface area contributed by atoms with Gasteiger partial charge in [-0.25, -0.2) is 4.68 Å². The summed E-state index contributed by atoms with van der Waals surface area (Å²) in [7, 11) is 0. The van der Waals surface area contributed by atoms with E-state index in [-0.39, 0.29) is 11.9 Å². The van der Waals surface area contributed by atoms with Crippen molar-refractivity contribution in [3.63, 3.8) is 0 Å². The summed E-state index contributed by atoms with van der Waals surface area (Å²) in [5.74, 6) is 0.804. The van der Waals surface area contributed by atoms with E-state index in [0.29, 0.717) is 15.8 Å². The normalized spacial score (nSPS) is 15.9. The van der Waals surface area contributed by atoms with E-state index in [0.717, 1.165) is 47.5 Å². The molecule has 34 heavy (non-hydrogen) atoms. The van der Waals surface area contributed by atoms with Gasteiger partial charge in [-0.1, -0.05) is 62.4 Å². The molecule has 1 aromatic heterocycles. The Morgan fingerprint density at radius 3 is 2.53 bits per heavy atom. The quantitative estimate of drug-likeness (QED) is 0.189. The van der Waals surface area contributed by atoms with Gasteiger partial charge in [0.05, 0.1) is 22.9 Å². The molecular formula is C27H29N3O2S2. The molecule has 0 aliphatic carbocycles. The maximum atomic E-state index is 13.1. The minimum absolute atomic E-state index is 0.0394. The Balaban J connectivity index is 1.71. The van der Waals surface area contributed by atoms with Crippen LogP contribution in [0.15, 0.2) is 65.7 Å². The van der Waals surface area contributed by atoms with Crippen molar-refractivity contribution in [2.75, 3.05) is 6.61 Å². The molecule has 1 aliphatic rings. The molecule has 0 bridgehead atoms. The highest BCUT2D eigenvalue weighted by molar-refractivity contribution is 8.26. The second-order valence-electron chi connectivity index (χ2n) is 8.25. The minimum atomic E-state index is -0.0394. The molecule has 0 saturated carbocycles. The number of nitrogens with zero attached hydrogens (tertiary/aromatic N) is 3. The predicted molar refractivity (Wildman–Crippen MR) is 144 cm³/mol. The SMILES string of the molecule is CCCCOc1ccc(-c2nn(-c3ccccc3)cc2/C=C2\SC(=S)N(C(C)CC)C2=O)cc1. The summed E-state index contributed by atoms with van der Waals surface area (Å²) in [4.78, 5) is 15.5. The van der Waals surface area contributed by atoms with Crippen LogP contribution < -0.4 is 4.74 Å². The van der Waals surface area contributed by atoms with Crippen molar-refractivity contribution in [3.8, 4) is 22.7 Å². The monoisotopic (exact) mass is 491 g/mol. The molecule has 0 N–H and O–H groups in total. The molecule has 0 radical (unpaired) electrons. The van der Waals surface area contributed by atoms with Crippen molar-refractivity contribution < 1.29 is 9.53 Å². The first-order valence-electron chi connectivity index (χ1n) is 11.7. The highest BCUT2D eigenvalue weighted by Crippen LogP contribution is 2.36. The lowest BCUT2D eigenvalue weighted by atomic mass is 10.1. The van der Waals surface area contributed by atoms with E-state index in [4.69, 9.17) is 22.1 Å². The van der Waals surface area contributed by atoms with Crippen LogP contribution in [0.2, 0.25) is 0 Å². The molecule has 176 valence electrons. The van der Waals surface area contributed by atoms with Crippen LogP contribution in [0.25, 0.3) is 23.0 Å². The third-order valence-corrected chi connectivity index (χ3v) is 7.13. The summed E-state index contributed by atoms with van der Waals surface area (Å²) < 4.78 is 8.27. The van der Waals surface area contributed by atoms with Crippen molar-refractivity contribution in [1.29, 1.82) is 0 Å². The highest BCUT2D eigenvalue weighted by atomic mass is 32.2. The van der Waals surface area contributed by atoms with Crippen molar-refractivity contribution >= 4 is 40.3 Å². The van der Waals surface area contributed by atoms with E-state index < -0.39 is 0 Å². The third-order valence-electron chi connectivity index (χ3n) is 5.80. The summed E-state index contributed by atoms with van der Waals surface area (Å²) in [5.41, 5.74) is 3.59. The Morgan fingerprint density at radius 2 is 1.85 bits per heavy atom. The Kier molecular flexibility index (Phi) is 7.85. The first-order valence-corrected chi connectivity index (χ1v) is 12.9. The fourth-order valence-corrected chi connectivity index (χ4v) is 5.11. The maximum absolute atomic E-state index is 13.1. The number of thioether (sulfide) groups is 1. The number of ether oxygens (including phenoxy) is 1. The average Bonchev–Trinajstić information content (AvgIpc) is 3.40. The van der Waals surface area contributed by atoms with Crippen LogP contribution in [-0.4, -0.2) is 37.6 Å². The summed E-state index contributed by atoms with van der Waals surface area (Å²) in [6.07, 6.45) is 6.86. The molecule has 1 aliphatic heterocycles. The maximum Gasteiger partial charge on any atom is 0.266 e. The molecular weight excluding hydrogens is 462 g/mol. The van der Waals surface area contributed by atoms with Crippen molar-refractivity contribution in [2.45, 2.75) is 46.1 Å². The van der Waals surface area contributed by atoms with Gasteiger partial charge in [-0.3, -0.25) is 9.69 Å². The number of para-hydroxylation sites is 1. The van der Waals surface area contributed by atoms with Crippen LogP contribution in [0.3, 0.4) is 0 Å². The standard InChI is InChI=1S/C27H29N3O2S2/c1-4-6-16-32-23-14-12-20(13-15-23)25-21(18-29(28-25)22-10-8-7-9-11-22)17-24-26(31)30(19(3)5-2)27(33)34-24/h7-15,17-19H,4-6,16H2,1-3H3/b24-17-. The van der Waals surface area contributed by atoms with Gasteiger partial charge in [-0.05, 0) is 62.2 Å². The second kappa shape index (κ2) is 11.0. The van der Waals surface area contributed by atoms with E-state index in [1.165, 1.54) is 11.8 Å². The minimum Gasteiger partial charge on any atom is -0.494 e. The molecule has 1 fully saturated rings. The molecule has 7 heteroatoms. The third kappa shape index (κ3) is 5.26. The topological polar surface area (TPSA) is 47.4 Å². The number of carbonyl (C=O) groups excluding carboxylic acids is 1. The zero-order valence-electron chi connectivity index (χ0n) is 19.7. The van der Waals surface area contributed by atoms with Gasteiger partial charge in [-0.2, -0.15) is 5.10 Å². The number of benzene rings is 2. The fourth-order valence-electron chi connectivity index (χ4n) is 3.66. The molecule has 2 heterocycles. The lowest BCUT2D eigenvalue weighted by Gasteiger charge is -2.21. The number of rotatable bonds is 9. The van der Waals surface area contributed by atoms with Gasteiger partial charge in [0, 0.05) is 23.4 Å². The van der Waals surface area contributed by atoms with Crippen LogP contribution in [-0.2, 0) is 4.79 Å². The van der Waals surface area contributed by atoms with Crippen LogP contribution in [0.5, 0.6) is 5.75 Å². The number of amides is 1. The number of hydrogen-bond donors (Lipinski definition) is 0. The lowest BCUT2D eigenvalue weighted by Crippen LogP contribution is -2.36. The summed E-state index contributed by atoms with van der Waals surface area (Å²) >= 11 is 6.87. The summed E-state index contributed by atoms with van der Waals surface area (Å²) in [5, 5.41) is 4.88.